The van der Waals surface area contributed by atoms with Crippen molar-refractivity contribution in [3.8, 4) is 5.75 Å². The molecular weight excluding hydrogens is 449 g/mol. The predicted molar refractivity (Wildman–Crippen MR) is 120 cm³/mol. The van der Waals surface area contributed by atoms with Crippen molar-refractivity contribution in [1.29, 1.82) is 0 Å². The molecule has 1 atom stereocenters. The van der Waals surface area contributed by atoms with Crippen LogP contribution in [0.1, 0.15) is 22.0 Å². The third-order valence-corrected chi connectivity index (χ3v) is 7.09. The van der Waals surface area contributed by atoms with Crippen LogP contribution in [0.25, 0.3) is 21.8 Å². The number of likely N-dealkylation sites (N-methyl/N-ethyl adjacent to an activating group) is 1. The van der Waals surface area contributed by atoms with Crippen molar-refractivity contribution < 1.29 is 22.3 Å². The van der Waals surface area contributed by atoms with Crippen LogP contribution >= 0.6 is 0 Å². The van der Waals surface area contributed by atoms with Crippen LogP contribution in [0.5, 0.6) is 5.75 Å². The van der Waals surface area contributed by atoms with E-state index in [0.717, 1.165) is 6.26 Å². The van der Waals surface area contributed by atoms with Crippen LogP contribution in [0, 0.1) is 5.82 Å². The molecule has 2 N–H and O–H groups in total. The van der Waals surface area contributed by atoms with Crippen molar-refractivity contribution in [2.45, 2.75) is 10.9 Å². The molecule has 1 amide bonds. The summed E-state index contributed by atoms with van der Waals surface area (Å²) in [7, 11) is -0.112. The number of sulfone groups is 1. The average Bonchev–Trinajstić information content (AvgIpc) is 3.36. The molecule has 0 spiro atoms. The third-order valence-electron chi connectivity index (χ3n) is 5.98. The molecule has 0 aliphatic carbocycles. The fourth-order valence-corrected chi connectivity index (χ4v) is 4.84. The Balaban J connectivity index is 1.56. The van der Waals surface area contributed by atoms with Gasteiger partial charge in [-0.2, -0.15) is 5.10 Å². The fraction of sp³-hybridized carbons (Fsp3) is 0.227. The Morgan fingerprint density at radius 2 is 2.03 bits per heavy atom. The van der Waals surface area contributed by atoms with Crippen LogP contribution < -0.4 is 10.5 Å². The van der Waals surface area contributed by atoms with Crippen molar-refractivity contribution in [2.75, 3.05) is 25.6 Å². The number of nitrogens with zero attached hydrogens (tertiary/aromatic N) is 4. The molecule has 0 radical (unpaired) electrons. The van der Waals surface area contributed by atoms with Crippen molar-refractivity contribution in [2.24, 2.45) is 7.05 Å². The van der Waals surface area contributed by atoms with Crippen molar-refractivity contribution in [3.05, 3.63) is 53.5 Å². The average molecular weight is 469 g/mol. The summed E-state index contributed by atoms with van der Waals surface area (Å²) in [5, 5.41) is 5.37. The quantitative estimate of drug-likeness (QED) is 0.489. The molecule has 170 valence electrons. The zero-order valence-corrected chi connectivity index (χ0v) is 18.9. The summed E-state index contributed by atoms with van der Waals surface area (Å²) in [5.41, 5.74) is 7.49. The number of rotatable bonds is 3. The van der Waals surface area contributed by atoms with E-state index in [4.69, 9.17) is 10.5 Å². The van der Waals surface area contributed by atoms with Crippen LogP contribution in [0.15, 0.2) is 41.4 Å². The van der Waals surface area contributed by atoms with Crippen LogP contribution in [-0.2, 0) is 16.9 Å². The normalized spacial score (nSPS) is 15.6. The number of anilines is 1. The molecule has 0 saturated heterocycles. The lowest BCUT2D eigenvalue weighted by Gasteiger charge is -2.24. The number of hydrogen-bond acceptors (Lipinski definition) is 7. The van der Waals surface area contributed by atoms with Gasteiger partial charge in [-0.15, -0.1) is 0 Å². The van der Waals surface area contributed by atoms with Crippen LogP contribution in [0.3, 0.4) is 0 Å². The number of pyridine rings is 1. The molecule has 0 bridgehead atoms. The highest BCUT2D eigenvalue weighted by Crippen LogP contribution is 2.38. The van der Waals surface area contributed by atoms with Gasteiger partial charge in [0, 0.05) is 37.4 Å². The first-order chi connectivity index (χ1) is 15.6. The topological polar surface area (TPSA) is 120 Å². The van der Waals surface area contributed by atoms with Gasteiger partial charge in [-0.1, -0.05) is 6.07 Å². The Hall–Kier alpha value is -3.73. The van der Waals surface area contributed by atoms with Gasteiger partial charge in [0.2, 0.25) is 0 Å². The SMILES string of the molecule is CN(C(=O)c1cc2c(cc1F)nc(N)c1cnn(C)c12)[C@H]1COc2cc(S(C)(=O)=O)ccc21. The Morgan fingerprint density at radius 3 is 2.76 bits per heavy atom. The van der Waals surface area contributed by atoms with E-state index in [0.29, 0.717) is 33.1 Å². The van der Waals surface area contributed by atoms with E-state index in [1.807, 2.05) is 0 Å². The maximum atomic E-state index is 15.0. The molecule has 5 rings (SSSR count). The van der Waals surface area contributed by atoms with Crippen molar-refractivity contribution >= 4 is 43.4 Å². The highest BCUT2D eigenvalue weighted by atomic mass is 32.2. The molecule has 9 nitrogen and oxygen atoms in total. The Morgan fingerprint density at radius 1 is 1.27 bits per heavy atom. The molecule has 1 aliphatic heterocycles. The number of halogens is 1. The van der Waals surface area contributed by atoms with E-state index in [-0.39, 0.29) is 22.9 Å². The number of nitrogen functional groups attached to an aromatic ring is 1. The van der Waals surface area contributed by atoms with Gasteiger partial charge in [0.05, 0.1) is 39.1 Å². The standard InChI is InChI=1S/C22H20FN5O4S/c1-27(18-10-32-19-6-11(33(3,30)31)4-5-12(18)19)22(29)13-7-14-17(8-16(13)23)26-21(24)15-9-25-28(2)20(14)15/h4-9,18H,10H2,1-3H3,(H2,24,26)/t18-/m0/s1. The third kappa shape index (κ3) is 3.27. The van der Waals surface area contributed by atoms with E-state index in [2.05, 4.69) is 10.1 Å². The lowest BCUT2D eigenvalue weighted by molar-refractivity contribution is 0.0704. The van der Waals surface area contributed by atoms with Gasteiger partial charge in [0.25, 0.3) is 5.91 Å². The number of carbonyl (C=O) groups excluding carboxylic acids is 1. The first-order valence-electron chi connectivity index (χ1n) is 10.0. The number of aromatic nitrogens is 3. The van der Waals surface area contributed by atoms with E-state index in [9.17, 15) is 13.2 Å². The highest BCUT2D eigenvalue weighted by Gasteiger charge is 2.33. The lowest BCUT2D eigenvalue weighted by atomic mass is 10.0. The van der Waals surface area contributed by atoms with Crippen molar-refractivity contribution in [1.82, 2.24) is 19.7 Å². The Bertz CT molecular complexity index is 1580. The summed E-state index contributed by atoms with van der Waals surface area (Å²) < 4.78 is 45.9. The molecule has 33 heavy (non-hydrogen) atoms. The van der Waals surface area contributed by atoms with E-state index >= 15 is 4.39 Å². The maximum Gasteiger partial charge on any atom is 0.257 e. The van der Waals surface area contributed by atoms with Crippen molar-refractivity contribution in [3.63, 3.8) is 0 Å². The van der Waals surface area contributed by atoms with E-state index < -0.39 is 27.6 Å². The molecule has 11 heteroatoms. The van der Waals surface area contributed by atoms with Gasteiger partial charge in [-0.3, -0.25) is 9.48 Å². The van der Waals surface area contributed by atoms with Gasteiger partial charge in [-0.25, -0.2) is 17.8 Å². The lowest BCUT2D eigenvalue weighted by Crippen LogP contribution is -2.32. The molecule has 2 aromatic carbocycles. The zero-order valence-electron chi connectivity index (χ0n) is 18.0. The molecule has 3 heterocycles. The Labute approximate surface area is 188 Å². The van der Waals surface area contributed by atoms with E-state index in [1.54, 1.807) is 31.0 Å². The fourth-order valence-electron chi connectivity index (χ4n) is 4.20. The number of nitrogens with two attached hydrogens (primary N) is 1. The number of aryl methyl sites for hydroxylation is 1. The highest BCUT2D eigenvalue weighted by molar-refractivity contribution is 7.90. The summed E-state index contributed by atoms with van der Waals surface area (Å²) in [6, 6.07) is 6.68. The monoisotopic (exact) mass is 469 g/mol. The summed E-state index contributed by atoms with van der Waals surface area (Å²) in [6.45, 7) is 0.129. The summed E-state index contributed by atoms with van der Waals surface area (Å²) >= 11 is 0. The Kier molecular flexibility index (Phi) is 4.57. The van der Waals surface area contributed by atoms with Gasteiger partial charge < -0.3 is 15.4 Å². The second-order valence-electron chi connectivity index (χ2n) is 8.09. The molecular formula is C22H20FN5O4S. The first-order valence-corrected chi connectivity index (χ1v) is 11.9. The van der Waals surface area contributed by atoms with Crippen LogP contribution in [-0.4, -0.2) is 53.9 Å². The summed E-state index contributed by atoms with van der Waals surface area (Å²) in [6.07, 6.45) is 2.69. The molecule has 0 fully saturated rings. The minimum atomic E-state index is -3.40. The number of benzene rings is 2. The maximum absolute atomic E-state index is 15.0. The largest absolute Gasteiger partial charge is 0.491 e. The summed E-state index contributed by atoms with van der Waals surface area (Å²) in [4.78, 5) is 19.1. The molecule has 0 unspecified atom stereocenters. The van der Waals surface area contributed by atoms with E-state index in [1.165, 1.54) is 29.2 Å². The summed E-state index contributed by atoms with van der Waals surface area (Å²) in [5.74, 6) is -0.651. The van der Waals surface area contributed by atoms with Crippen LogP contribution in [0.4, 0.5) is 10.2 Å². The number of carbonyl (C=O) groups is 1. The minimum absolute atomic E-state index is 0.125. The number of hydrogen-bond donors (Lipinski definition) is 1. The number of fused-ring (bicyclic) bond motifs is 4. The van der Waals surface area contributed by atoms with Gasteiger partial charge >= 0.3 is 0 Å². The second kappa shape index (κ2) is 7.14. The van der Waals surface area contributed by atoms with Gasteiger partial charge in [-0.05, 0) is 18.2 Å². The molecule has 4 aromatic rings. The first kappa shape index (κ1) is 21.1. The second-order valence-corrected chi connectivity index (χ2v) is 10.1. The molecule has 1 aliphatic rings. The number of amides is 1. The predicted octanol–water partition coefficient (Wildman–Crippen LogP) is 2.45. The molecule has 2 aromatic heterocycles. The molecule has 0 saturated carbocycles. The minimum Gasteiger partial charge on any atom is -0.491 e. The van der Waals surface area contributed by atoms with Gasteiger partial charge in [0.15, 0.2) is 9.84 Å². The van der Waals surface area contributed by atoms with Gasteiger partial charge in [0.1, 0.15) is 24.0 Å². The smallest absolute Gasteiger partial charge is 0.257 e. The van der Waals surface area contributed by atoms with Crippen LogP contribution in [0.2, 0.25) is 0 Å². The number of ether oxygens (including phenoxy) is 1. The zero-order chi connectivity index (χ0) is 23.7.